The molecule has 96 valence electrons. The van der Waals surface area contributed by atoms with Gasteiger partial charge in [-0.1, -0.05) is 37.5 Å². The van der Waals surface area contributed by atoms with Gasteiger partial charge in [0.05, 0.1) is 6.04 Å². The summed E-state index contributed by atoms with van der Waals surface area (Å²) in [6.45, 7) is 2.09. The first-order valence-electron chi connectivity index (χ1n) is 7.00. The Labute approximate surface area is 108 Å². The van der Waals surface area contributed by atoms with Gasteiger partial charge < -0.3 is 10.2 Å². The second-order valence-corrected chi connectivity index (χ2v) is 5.57. The van der Waals surface area contributed by atoms with Gasteiger partial charge in [0, 0.05) is 5.39 Å². The van der Waals surface area contributed by atoms with E-state index >= 15 is 0 Å². The molecular weight excluding hydrogens is 222 g/mol. The summed E-state index contributed by atoms with van der Waals surface area (Å²) >= 11 is 0. The molecule has 2 nitrogen and oxygen atoms in total. The van der Waals surface area contributed by atoms with Crippen LogP contribution in [0.4, 0.5) is 0 Å². The number of aryl methyl sites for hydroxylation is 1. The molecule has 0 saturated heterocycles. The molecular formula is C16H21NO. The Morgan fingerprint density at radius 3 is 2.72 bits per heavy atom. The van der Waals surface area contributed by atoms with Crippen molar-refractivity contribution in [2.24, 2.45) is 11.7 Å². The van der Waals surface area contributed by atoms with E-state index in [-0.39, 0.29) is 6.04 Å². The average Bonchev–Trinajstić information content (AvgIpc) is 2.84. The summed E-state index contributed by atoms with van der Waals surface area (Å²) in [5, 5.41) is 1.18. The summed E-state index contributed by atoms with van der Waals surface area (Å²) < 4.78 is 5.99. The van der Waals surface area contributed by atoms with E-state index in [0.717, 1.165) is 11.3 Å². The standard InChI is InChI=1S/C16H21NO/c1-11-6-5-9-13-10-14(18-16(11)13)15(17)12-7-3-2-4-8-12/h5-6,9-10,12,15H,2-4,7-8,17H2,1H3. The largest absolute Gasteiger partial charge is 0.459 e. The van der Waals surface area contributed by atoms with Crippen molar-refractivity contribution >= 4 is 11.0 Å². The molecule has 1 saturated carbocycles. The van der Waals surface area contributed by atoms with Gasteiger partial charge in [-0.2, -0.15) is 0 Å². The van der Waals surface area contributed by atoms with E-state index in [1.165, 1.54) is 43.1 Å². The van der Waals surface area contributed by atoms with Crippen LogP contribution < -0.4 is 5.73 Å². The van der Waals surface area contributed by atoms with Crippen LogP contribution >= 0.6 is 0 Å². The fraction of sp³-hybridized carbons (Fsp3) is 0.500. The van der Waals surface area contributed by atoms with Crippen molar-refractivity contribution in [2.45, 2.75) is 45.1 Å². The van der Waals surface area contributed by atoms with Gasteiger partial charge in [-0.05, 0) is 37.3 Å². The fourth-order valence-electron chi connectivity index (χ4n) is 3.12. The summed E-state index contributed by atoms with van der Waals surface area (Å²) in [6.07, 6.45) is 6.49. The van der Waals surface area contributed by atoms with Crippen molar-refractivity contribution in [3.8, 4) is 0 Å². The number of benzene rings is 1. The van der Waals surface area contributed by atoms with Crippen molar-refractivity contribution in [1.29, 1.82) is 0 Å². The van der Waals surface area contributed by atoms with Crippen molar-refractivity contribution < 1.29 is 4.42 Å². The van der Waals surface area contributed by atoms with E-state index in [1.807, 2.05) is 0 Å². The zero-order chi connectivity index (χ0) is 12.5. The highest BCUT2D eigenvalue weighted by molar-refractivity contribution is 5.81. The van der Waals surface area contributed by atoms with Crippen LogP contribution in [-0.2, 0) is 0 Å². The first kappa shape index (κ1) is 11.8. The maximum Gasteiger partial charge on any atom is 0.137 e. The number of furan rings is 1. The average molecular weight is 243 g/mol. The van der Waals surface area contributed by atoms with Crippen LogP contribution in [0, 0.1) is 12.8 Å². The maximum atomic E-state index is 6.39. The number of nitrogens with two attached hydrogens (primary N) is 1. The number of hydrogen-bond donors (Lipinski definition) is 1. The lowest BCUT2D eigenvalue weighted by atomic mass is 9.83. The highest BCUT2D eigenvalue weighted by Gasteiger charge is 2.24. The van der Waals surface area contributed by atoms with E-state index in [2.05, 4.69) is 31.2 Å². The van der Waals surface area contributed by atoms with Crippen LogP contribution in [0.2, 0.25) is 0 Å². The van der Waals surface area contributed by atoms with E-state index in [0.29, 0.717) is 5.92 Å². The van der Waals surface area contributed by atoms with Crippen molar-refractivity contribution in [2.75, 3.05) is 0 Å². The van der Waals surface area contributed by atoms with E-state index in [1.54, 1.807) is 0 Å². The van der Waals surface area contributed by atoms with E-state index in [9.17, 15) is 0 Å². The van der Waals surface area contributed by atoms with Gasteiger partial charge >= 0.3 is 0 Å². The van der Waals surface area contributed by atoms with Gasteiger partial charge in [0.2, 0.25) is 0 Å². The molecule has 1 aromatic carbocycles. The summed E-state index contributed by atoms with van der Waals surface area (Å²) in [7, 11) is 0. The summed E-state index contributed by atoms with van der Waals surface area (Å²) in [5.41, 5.74) is 8.58. The molecule has 1 unspecified atom stereocenters. The monoisotopic (exact) mass is 243 g/mol. The number of para-hydroxylation sites is 1. The Morgan fingerprint density at radius 1 is 1.22 bits per heavy atom. The van der Waals surface area contributed by atoms with Gasteiger partial charge in [0.25, 0.3) is 0 Å². The molecule has 0 spiro atoms. The summed E-state index contributed by atoms with van der Waals surface area (Å²) in [5.74, 6) is 1.56. The fourth-order valence-corrected chi connectivity index (χ4v) is 3.12. The zero-order valence-electron chi connectivity index (χ0n) is 11.0. The number of rotatable bonds is 2. The molecule has 3 rings (SSSR count). The lowest BCUT2D eigenvalue weighted by Crippen LogP contribution is -2.22. The number of hydrogen-bond acceptors (Lipinski definition) is 2. The predicted molar refractivity (Wildman–Crippen MR) is 74.5 cm³/mol. The Bertz CT molecular complexity index is 537. The predicted octanol–water partition coefficient (Wildman–Crippen LogP) is 4.32. The SMILES string of the molecule is Cc1cccc2cc(C(N)C3CCCCC3)oc12. The second-order valence-electron chi connectivity index (χ2n) is 5.57. The van der Waals surface area contributed by atoms with Crippen molar-refractivity contribution in [1.82, 2.24) is 0 Å². The third-order valence-corrected chi connectivity index (χ3v) is 4.25. The molecule has 1 heterocycles. The van der Waals surface area contributed by atoms with E-state index in [4.69, 9.17) is 10.2 Å². The van der Waals surface area contributed by atoms with Gasteiger partial charge in [-0.3, -0.25) is 0 Å². The number of fused-ring (bicyclic) bond motifs is 1. The molecule has 18 heavy (non-hydrogen) atoms. The van der Waals surface area contributed by atoms with Crippen LogP contribution in [0.1, 0.15) is 49.5 Å². The normalized spacial score (nSPS) is 19.2. The van der Waals surface area contributed by atoms with Crippen LogP contribution in [0.25, 0.3) is 11.0 Å². The second kappa shape index (κ2) is 4.77. The first-order chi connectivity index (χ1) is 8.75. The van der Waals surface area contributed by atoms with Crippen LogP contribution in [0.15, 0.2) is 28.7 Å². The summed E-state index contributed by atoms with van der Waals surface area (Å²) in [6, 6.07) is 8.45. The minimum absolute atomic E-state index is 0.0668. The molecule has 0 bridgehead atoms. The molecule has 2 heteroatoms. The van der Waals surface area contributed by atoms with E-state index < -0.39 is 0 Å². The zero-order valence-corrected chi connectivity index (χ0v) is 11.0. The highest BCUT2D eigenvalue weighted by atomic mass is 16.3. The molecule has 1 aliphatic rings. The van der Waals surface area contributed by atoms with Gasteiger partial charge in [-0.25, -0.2) is 0 Å². The molecule has 2 aromatic rings. The molecule has 0 amide bonds. The third-order valence-electron chi connectivity index (χ3n) is 4.25. The minimum atomic E-state index is 0.0668. The van der Waals surface area contributed by atoms with Crippen LogP contribution in [-0.4, -0.2) is 0 Å². The lowest BCUT2D eigenvalue weighted by molar-refractivity contribution is 0.284. The molecule has 0 radical (unpaired) electrons. The molecule has 1 atom stereocenters. The van der Waals surface area contributed by atoms with Gasteiger partial charge in [-0.15, -0.1) is 0 Å². The lowest BCUT2D eigenvalue weighted by Gasteiger charge is -2.25. The highest BCUT2D eigenvalue weighted by Crippen LogP contribution is 2.35. The molecule has 1 aliphatic carbocycles. The van der Waals surface area contributed by atoms with Crippen molar-refractivity contribution in [3.05, 3.63) is 35.6 Å². The van der Waals surface area contributed by atoms with Crippen molar-refractivity contribution in [3.63, 3.8) is 0 Å². The maximum absolute atomic E-state index is 6.39. The molecule has 1 aromatic heterocycles. The smallest absolute Gasteiger partial charge is 0.137 e. The van der Waals surface area contributed by atoms with Crippen LogP contribution in [0.5, 0.6) is 0 Å². The Hall–Kier alpha value is -1.28. The van der Waals surface area contributed by atoms with Crippen LogP contribution in [0.3, 0.4) is 0 Å². The third kappa shape index (κ3) is 2.05. The Morgan fingerprint density at radius 2 is 2.00 bits per heavy atom. The Balaban J connectivity index is 1.91. The van der Waals surface area contributed by atoms with Gasteiger partial charge in [0.15, 0.2) is 0 Å². The molecule has 2 N–H and O–H groups in total. The van der Waals surface area contributed by atoms with Gasteiger partial charge in [0.1, 0.15) is 11.3 Å². The molecule has 1 fully saturated rings. The first-order valence-corrected chi connectivity index (χ1v) is 7.00. The minimum Gasteiger partial charge on any atom is -0.459 e. The molecule has 0 aliphatic heterocycles. The quantitative estimate of drug-likeness (QED) is 0.853. The Kier molecular flexibility index (Phi) is 3.13. The topological polar surface area (TPSA) is 39.2 Å². The summed E-state index contributed by atoms with van der Waals surface area (Å²) in [4.78, 5) is 0.